The number of hydrogen-bond donors (Lipinski definition) is 2. The van der Waals surface area contributed by atoms with Crippen LogP contribution in [0.5, 0.6) is 0 Å². The van der Waals surface area contributed by atoms with Gasteiger partial charge in [0.15, 0.2) is 0 Å². The van der Waals surface area contributed by atoms with Crippen molar-refractivity contribution in [3.8, 4) is 0 Å². The lowest BCUT2D eigenvalue weighted by molar-refractivity contribution is -0.144. The number of carbonyl (C=O) groups is 2. The number of hydrogen-bond acceptors (Lipinski definition) is 4. The molecule has 1 unspecified atom stereocenters. The van der Waals surface area contributed by atoms with Gasteiger partial charge in [0, 0.05) is 25.5 Å². The van der Waals surface area contributed by atoms with E-state index in [1.165, 1.54) is 4.90 Å². The number of benzene rings is 1. The lowest BCUT2D eigenvalue weighted by Crippen LogP contribution is -2.38. The van der Waals surface area contributed by atoms with Crippen LogP contribution in [0.2, 0.25) is 0 Å². The van der Waals surface area contributed by atoms with E-state index < -0.39 is 12.0 Å². The molecule has 0 aromatic heterocycles. The van der Waals surface area contributed by atoms with Crippen molar-refractivity contribution in [3.63, 3.8) is 0 Å². The Morgan fingerprint density at radius 1 is 1.15 bits per heavy atom. The molecule has 20 heavy (non-hydrogen) atoms. The van der Waals surface area contributed by atoms with Gasteiger partial charge in [-0.2, -0.15) is 0 Å². The summed E-state index contributed by atoms with van der Waals surface area (Å²) in [7, 11) is 7.14. The fourth-order valence-electron chi connectivity index (χ4n) is 1.72. The zero-order valence-electron chi connectivity index (χ0n) is 12.3. The Labute approximate surface area is 119 Å². The maximum absolute atomic E-state index is 11.8. The molecule has 110 valence electrons. The van der Waals surface area contributed by atoms with Crippen molar-refractivity contribution in [1.29, 1.82) is 0 Å². The zero-order chi connectivity index (χ0) is 15.3. The van der Waals surface area contributed by atoms with E-state index in [2.05, 4.69) is 5.32 Å². The monoisotopic (exact) mass is 279 g/mol. The number of nitrogens with one attached hydrogen (secondary N) is 1. The molecular formula is C14H21N3O3. The molecule has 0 bridgehead atoms. The normalized spacial score (nSPS) is 12.1. The van der Waals surface area contributed by atoms with Crippen molar-refractivity contribution in [3.05, 3.63) is 24.3 Å². The molecule has 6 nitrogen and oxygen atoms in total. The first kappa shape index (κ1) is 16.0. The molecule has 1 aromatic rings. The lowest BCUT2D eigenvalue weighted by atomic mass is 10.1. The van der Waals surface area contributed by atoms with Gasteiger partial charge in [-0.3, -0.25) is 14.5 Å². The number of likely N-dealkylation sites (N-methyl/N-ethyl adjacent to an activating group) is 1. The average Bonchev–Trinajstić information content (AvgIpc) is 2.35. The molecule has 1 amide bonds. The molecule has 0 saturated heterocycles. The molecule has 1 aromatic carbocycles. The highest BCUT2D eigenvalue weighted by Gasteiger charge is 2.23. The largest absolute Gasteiger partial charge is 0.480 e. The van der Waals surface area contributed by atoms with Crippen LogP contribution in [0.1, 0.15) is 6.42 Å². The minimum absolute atomic E-state index is 0.0856. The van der Waals surface area contributed by atoms with Gasteiger partial charge in [0.05, 0.1) is 6.42 Å². The van der Waals surface area contributed by atoms with E-state index >= 15 is 0 Å². The number of nitrogens with zero attached hydrogens (tertiary/aromatic N) is 2. The average molecular weight is 279 g/mol. The number of carboxylic acid groups (broad SMARTS) is 1. The number of anilines is 2. The number of carbonyl (C=O) groups excluding carboxylic acids is 1. The van der Waals surface area contributed by atoms with Crippen LogP contribution in [0.15, 0.2) is 24.3 Å². The van der Waals surface area contributed by atoms with Crippen LogP contribution in [0.3, 0.4) is 0 Å². The fraction of sp³-hybridized carbons (Fsp3) is 0.429. The van der Waals surface area contributed by atoms with Gasteiger partial charge in [-0.15, -0.1) is 0 Å². The second-order valence-corrected chi connectivity index (χ2v) is 5.01. The van der Waals surface area contributed by atoms with Gasteiger partial charge < -0.3 is 15.3 Å². The number of aliphatic carboxylic acids is 1. The second kappa shape index (κ2) is 6.91. The van der Waals surface area contributed by atoms with E-state index in [0.29, 0.717) is 5.69 Å². The molecule has 0 radical (unpaired) electrons. The first-order valence-electron chi connectivity index (χ1n) is 6.27. The van der Waals surface area contributed by atoms with Crippen molar-refractivity contribution in [2.45, 2.75) is 12.5 Å². The van der Waals surface area contributed by atoms with Crippen LogP contribution in [-0.2, 0) is 9.59 Å². The topological polar surface area (TPSA) is 72.9 Å². The van der Waals surface area contributed by atoms with Gasteiger partial charge in [0.25, 0.3) is 0 Å². The van der Waals surface area contributed by atoms with E-state index in [1.807, 2.05) is 31.1 Å². The fourth-order valence-corrected chi connectivity index (χ4v) is 1.72. The van der Waals surface area contributed by atoms with E-state index in [4.69, 9.17) is 5.11 Å². The molecule has 1 rings (SSSR count). The van der Waals surface area contributed by atoms with Crippen molar-refractivity contribution in [2.75, 3.05) is 38.4 Å². The van der Waals surface area contributed by atoms with E-state index in [1.54, 1.807) is 26.2 Å². The molecule has 0 fully saturated rings. The molecular weight excluding hydrogens is 258 g/mol. The first-order chi connectivity index (χ1) is 9.31. The van der Waals surface area contributed by atoms with Crippen LogP contribution in [0.4, 0.5) is 11.4 Å². The lowest BCUT2D eigenvalue weighted by Gasteiger charge is -2.19. The summed E-state index contributed by atoms with van der Waals surface area (Å²) in [5.41, 5.74) is 1.68. The molecule has 0 saturated carbocycles. The third kappa shape index (κ3) is 4.55. The van der Waals surface area contributed by atoms with Gasteiger partial charge in [0.2, 0.25) is 5.91 Å². The third-order valence-electron chi connectivity index (χ3n) is 2.95. The first-order valence-corrected chi connectivity index (χ1v) is 6.27. The number of carboxylic acids is 1. The van der Waals surface area contributed by atoms with Crippen molar-refractivity contribution >= 4 is 23.3 Å². The summed E-state index contributed by atoms with van der Waals surface area (Å²) < 4.78 is 0. The third-order valence-corrected chi connectivity index (χ3v) is 2.95. The van der Waals surface area contributed by atoms with E-state index in [0.717, 1.165) is 5.69 Å². The van der Waals surface area contributed by atoms with Crippen LogP contribution in [-0.4, -0.2) is 56.1 Å². The number of amides is 1. The predicted octanol–water partition coefficient (Wildman–Crippen LogP) is 1.10. The van der Waals surface area contributed by atoms with Gasteiger partial charge in [-0.25, -0.2) is 0 Å². The summed E-state index contributed by atoms with van der Waals surface area (Å²) in [6, 6.07) is 6.53. The zero-order valence-corrected chi connectivity index (χ0v) is 12.3. The summed E-state index contributed by atoms with van der Waals surface area (Å²) >= 11 is 0. The predicted molar refractivity (Wildman–Crippen MR) is 79.1 cm³/mol. The van der Waals surface area contributed by atoms with Gasteiger partial charge in [-0.05, 0) is 38.4 Å². The Morgan fingerprint density at radius 2 is 1.70 bits per heavy atom. The molecule has 1 atom stereocenters. The Kier molecular flexibility index (Phi) is 5.52. The highest BCUT2D eigenvalue weighted by atomic mass is 16.4. The van der Waals surface area contributed by atoms with Gasteiger partial charge in [-0.1, -0.05) is 0 Å². The number of rotatable bonds is 6. The summed E-state index contributed by atoms with van der Waals surface area (Å²) in [6.07, 6.45) is -0.0856. The Hall–Kier alpha value is -2.08. The van der Waals surface area contributed by atoms with E-state index in [-0.39, 0.29) is 12.3 Å². The summed E-state index contributed by atoms with van der Waals surface area (Å²) in [5.74, 6) is -1.32. The van der Waals surface area contributed by atoms with Crippen molar-refractivity contribution in [2.24, 2.45) is 0 Å². The molecule has 2 N–H and O–H groups in total. The Morgan fingerprint density at radius 3 is 2.10 bits per heavy atom. The maximum Gasteiger partial charge on any atom is 0.321 e. The molecule has 0 aliphatic rings. The minimum atomic E-state index is -1.01. The second-order valence-electron chi connectivity index (χ2n) is 5.01. The van der Waals surface area contributed by atoms with Gasteiger partial charge >= 0.3 is 5.97 Å². The molecule has 6 heteroatoms. The molecule has 0 heterocycles. The smallest absolute Gasteiger partial charge is 0.321 e. The van der Waals surface area contributed by atoms with Crippen LogP contribution < -0.4 is 10.2 Å². The Balaban J connectivity index is 2.64. The standard InChI is InChI=1S/C14H21N3O3/c1-16(2)11-7-5-10(6-8-11)15-13(18)9-12(14(19)20)17(3)4/h5-8,12H,9H2,1-4H3,(H,15,18)(H,19,20). The summed E-state index contributed by atoms with van der Waals surface area (Å²) in [5, 5.41) is 11.7. The van der Waals surface area contributed by atoms with Crippen molar-refractivity contribution in [1.82, 2.24) is 4.90 Å². The van der Waals surface area contributed by atoms with Crippen molar-refractivity contribution < 1.29 is 14.7 Å². The molecule has 0 aliphatic heterocycles. The highest BCUT2D eigenvalue weighted by Crippen LogP contribution is 2.16. The quantitative estimate of drug-likeness (QED) is 0.815. The van der Waals surface area contributed by atoms with Crippen LogP contribution in [0.25, 0.3) is 0 Å². The van der Waals surface area contributed by atoms with E-state index in [9.17, 15) is 9.59 Å². The molecule has 0 spiro atoms. The SMILES string of the molecule is CN(C)c1ccc(NC(=O)CC(C(=O)O)N(C)C)cc1. The van der Waals surface area contributed by atoms with Gasteiger partial charge in [0.1, 0.15) is 6.04 Å². The maximum atomic E-state index is 11.8. The molecule has 0 aliphatic carbocycles. The highest BCUT2D eigenvalue weighted by molar-refractivity contribution is 5.94. The Bertz CT molecular complexity index is 469. The summed E-state index contributed by atoms with van der Waals surface area (Å²) in [4.78, 5) is 26.3. The van der Waals surface area contributed by atoms with Crippen LogP contribution >= 0.6 is 0 Å². The minimum Gasteiger partial charge on any atom is -0.480 e. The van der Waals surface area contributed by atoms with Crippen LogP contribution in [0, 0.1) is 0 Å². The summed E-state index contributed by atoms with van der Waals surface area (Å²) in [6.45, 7) is 0.